The molecule has 0 aromatic heterocycles. The summed E-state index contributed by atoms with van der Waals surface area (Å²) in [5.74, 6) is 1.04. The van der Waals surface area contributed by atoms with Gasteiger partial charge in [-0.15, -0.1) is 0 Å². The largest absolute Gasteiger partial charge is 0.496 e. The quantitative estimate of drug-likeness (QED) is 0.529. The van der Waals surface area contributed by atoms with E-state index < -0.39 is 9.84 Å². The molecule has 0 bridgehead atoms. The van der Waals surface area contributed by atoms with E-state index in [2.05, 4.69) is 50.3 Å². The van der Waals surface area contributed by atoms with E-state index >= 15 is 0 Å². The molecule has 3 nitrogen and oxygen atoms in total. The van der Waals surface area contributed by atoms with Crippen molar-refractivity contribution in [3.63, 3.8) is 0 Å². The van der Waals surface area contributed by atoms with Crippen molar-refractivity contribution in [1.82, 2.24) is 0 Å². The van der Waals surface area contributed by atoms with Crippen molar-refractivity contribution in [2.75, 3.05) is 12.9 Å². The molecule has 3 aromatic rings. The Labute approximate surface area is 178 Å². The summed E-state index contributed by atoms with van der Waals surface area (Å²) in [6, 6.07) is 14.1. The number of aryl methyl sites for hydroxylation is 2. The van der Waals surface area contributed by atoms with Gasteiger partial charge in [0.15, 0.2) is 9.84 Å². The van der Waals surface area contributed by atoms with Gasteiger partial charge < -0.3 is 4.74 Å². The number of benzene rings is 3. The lowest BCUT2D eigenvalue weighted by Gasteiger charge is -2.15. The molecule has 0 N–H and O–H groups in total. The van der Waals surface area contributed by atoms with Crippen molar-refractivity contribution in [1.29, 1.82) is 0 Å². The summed E-state index contributed by atoms with van der Waals surface area (Å²) in [6.07, 6.45) is 7.09. The van der Waals surface area contributed by atoms with Crippen molar-refractivity contribution in [2.24, 2.45) is 0 Å². The summed E-state index contributed by atoms with van der Waals surface area (Å²) in [4.78, 5) is 0.400. The summed E-state index contributed by atoms with van der Waals surface area (Å²) >= 11 is 0. The third-order valence-corrected chi connectivity index (χ3v) is 7.62. The molecule has 0 amide bonds. The predicted molar refractivity (Wildman–Crippen MR) is 125 cm³/mol. The minimum Gasteiger partial charge on any atom is -0.496 e. The maximum Gasteiger partial charge on any atom is 0.178 e. The van der Waals surface area contributed by atoms with Crippen LogP contribution in [-0.4, -0.2) is 21.3 Å². The van der Waals surface area contributed by atoms with Crippen molar-refractivity contribution >= 4 is 32.8 Å². The van der Waals surface area contributed by atoms with Crippen LogP contribution in [0.25, 0.3) is 22.9 Å². The highest BCUT2D eigenvalue weighted by molar-refractivity contribution is 7.91. The fourth-order valence-electron chi connectivity index (χ4n) is 4.07. The van der Waals surface area contributed by atoms with Crippen LogP contribution >= 0.6 is 0 Å². The number of allylic oxidation sites excluding steroid dienone is 2. The average Bonchev–Trinajstić information content (AvgIpc) is 2.75. The average molecular weight is 419 g/mol. The zero-order valence-electron chi connectivity index (χ0n) is 17.8. The Balaban J connectivity index is 1.68. The molecule has 0 unspecified atom stereocenters. The summed E-state index contributed by atoms with van der Waals surface area (Å²) in [5, 5.41) is 2.44. The minimum absolute atomic E-state index is 0.118. The van der Waals surface area contributed by atoms with Crippen LogP contribution in [0.3, 0.4) is 0 Å². The van der Waals surface area contributed by atoms with Gasteiger partial charge in [0.2, 0.25) is 0 Å². The van der Waals surface area contributed by atoms with E-state index in [-0.39, 0.29) is 5.75 Å². The lowest BCUT2D eigenvalue weighted by atomic mass is 9.92. The third kappa shape index (κ3) is 3.68. The standard InChI is InChI=1S/C26H26O3S/c1-5-30(27,28)23-10-9-21-14-19(6-8-22(21)16-23)13-20-7-11-24-18(3)26(29-4)12-17(2)25(24)15-20/h6-13,15-16H,5,14H2,1-4H3. The highest BCUT2D eigenvalue weighted by Gasteiger charge is 2.15. The van der Waals surface area contributed by atoms with Gasteiger partial charge in [0.1, 0.15) is 5.75 Å². The Hall–Kier alpha value is -2.85. The van der Waals surface area contributed by atoms with Gasteiger partial charge in [-0.05, 0) is 88.7 Å². The molecule has 0 saturated carbocycles. The highest BCUT2D eigenvalue weighted by atomic mass is 32.2. The SMILES string of the molecule is CCS(=O)(=O)c1ccc2c(c1)C=CC(=Cc1ccc3c(C)c(OC)cc(C)c3c1)C2. The lowest BCUT2D eigenvalue weighted by molar-refractivity contribution is 0.412. The van der Waals surface area contributed by atoms with Crippen molar-refractivity contribution in [3.8, 4) is 5.75 Å². The summed E-state index contributed by atoms with van der Waals surface area (Å²) < 4.78 is 29.8. The Morgan fingerprint density at radius 2 is 1.80 bits per heavy atom. The fraction of sp³-hybridized carbons (Fsp3) is 0.231. The topological polar surface area (TPSA) is 43.4 Å². The molecule has 154 valence electrons. The van der Waals surface area contributed by atoms with Gasteiger partial charge in [-0.25, -0.2) is 8.42 Å². The van der Waals surface area contributed by atoms with E-state index in [1.54, 1.807) is 26.2 Å². The molecule has 0 radical (unpaired) electrons. The molecule has 4 heteroatoms. The zero-order valence-corrected chi connectivity index (χ0v) is 18.6. The van der Waals surface area contributed by atoms with Crippen LogP contribution in [0.1, 0.15) is 34.7 Å². The van der Waals surface area contributed by atoms with E-state index in [1.165, 1.54) is 21.9 Å². The molecule has 0 spiro atoms. The second-order valence-corrected chi connectivity index (χ2v) is 10.1. The van der Waals surface area contributed by atoms with Crippen molar-refractivity contribution < 1.29 is 13.2 Å². The molecular weight excluding hydrogens is 392 g/mol. The van der Waals surface area contributed by atoms with E-state index in [0.29, 0.717) is 4.90 Å². The second-order valence-electron chi connectivity index (χ2n) is 7.82. The van der Waals surface area contributed by atoms with Crippen molar-refractivity contribution in [3.05, 3.63) is 81.9 Å². The van der Waals surface area contributed by atoms with Crippen molar-refractivity contribution in [2.45, 2.75) is 32.1 Å². The van der Waals surface area contributed by atoms with Crippen LogP contribution in [0.2, 0.25) is 0 Å². The van der Waals surface area contributed by atoms with Crippen LogP contribution in [0, 0.1) is 13.8 Å². The Morgan fingerprint density at radius 1 is 1.00 bits per heavy atom. The first-order chi connectivity index (χ1) is 14.3. The maximum absolute atomic E-state index is 12.1. The molecule has 0 fully saturated rings. The molecule has 30 heavy (non-hydrogen) atoms. The normalized spacial score (nSPS) is 14.9. The third-order valence-electron chi connectivity index (χ3n) is 5.89. The smallest absolute Gasteiger partial charge is 0.178 e. The van der Waals surface area contributed by atoms with Crippen LogP contribution in [-0.2, 0) is 16.3 Å². The first-order valence-corrected chi connectivity index (χ1v) is 11.8. The monoisotopic (exact) mass is 418 g/mol. The first kappa shape index (κ1) is 20.4. The number of hydrogen-bond donors (Lipinski definition) is 0. The maximum atomic E-state index is 12.1. The fourth-order valence-corrected chi connectivity index (χ4v) is 4.99. The molecule has 1 aliphatic rings. The van der Waals surface area contributed by atoms with E-state index in [0.717, 1.165) is 34.4 Å². The predicted octanol–water partition coefficient (Wildman–Crippen LogP) is 5.91. The van der Waals surface area contributed by atoms with Gasteiger partial charge in [-0.2, -0.15) is 0 Å². The number of rotatable bonds is 4. The Kier molecular flexibility index (Phi) is 5.29. The molecular formula is C26H26O3S. The molecule has 0 atom stereocenters. The van der Waals surface area contributed by atoms with Gasteiger partial charge in [0.25, 0.3) is 0 Å². The second kappa shape index (κ2) is 7.77. The zero-order chi connectivity index (χ0) is 21.5. The van der Waals surface area contributed by atoms with Gasteiger partial charge in [0.05, 0.1) is 17.8 Å². The minimum atomic E-state index is -3.18. The van der Waals surface area contributed by atoms with E-state index in [1.807, 2.05) is 12.1 Å². The van der Waals surface area contributed by atoms with Gasteiger partial charge in [-0.3, -0.25) is 0 Å². The summed E-state index contributed by atoms with van der Waals surface area (Å²) in [5.41, 5.74) is 6.85. The van der Waals surface area contributed by atoms with Crippen LogP contribution < -0.4 is 4.74 Å². The summed E-state index contributed by atoms with van der Waals surface area (Å²) in [7, 11) is -1.48. The molecule has 0 saturated heterocycles. The van der Waals surface area contributed by atoms with Gasteiger partial charge in [0, 0.05) is 0 Å². The number of methoxy groups -OCH3 is 1. The number of fused-ring (bicyclic) bond motifs is 2. The van der Waals surface area contributed by atoms with Gasteiger partial charge >= 0.3 is 0 Å². The van der Waals surface area contributed by atoms with Gasteiger partial charge in [-0.1, -0.05) is 43.4 Å². The van der Waals surface area contributed by atoms with E-state index in [4.69, 9.17) is 4.74 Å². The van der Waals surface area contributed by atoms with Crippen LogP contribution in [0.15, 0.2) is 59.0 Å². The molecule has 4 rings (SSSR count). The van der Waals surface area contributed by atoms with Crippen LogP contribution in [0.5, 0.6) is 5.75 Å². The van der Waals surface area contributed by atoms with Crippen LogP contribution in [0.4, 0.5) is 0 Å². The number of ether oxygens (including phenoxy) is 1. The molecule has 0 aliphatic heterocycles. The lowest BCUT2D eigenvalue weighted by Crippen LogP contribution is -2.06. The highest BCUT2D eigenvalue weighted by Crippen LogP contribution is 2.32. The van der Waals surface area contributed by atoms with E-state index in [9.17, 15) is 8.42 Å². The molecule has 1 aliphatic carbocycles. The number of hydrogen-bond acceptors (Lipinski definition) is 3. The Morgan fingerprint density at radius 3 is 2.53 bits per heavy atom. The summed E-state index contributed by atoms with van der Waals surface area (Å²) in [6.45, 7) is 5.88. The molecule has 0 heterocycles. The number of sulfone groups is 1. The Bertz CT molecular complexity index is 1310. The molecule has 3 aromatic carbocycles. The first-order valence-electron chi connectivity index (χ1n) is 10.1.